The van der Waals surface area contributed by atoms with Crippen LogP contribution < -0.4 is 11.1 Å². The Bertz CT molecular complexity index is 208. The Morgan fingerprint density at radius 1 is 1.31 bits per heavy atom. The van der Waals surface area contributed by atoms with Gasteiger partial charge in [-0.05, 0) is 12.8 Å². The first-order valence-corrected chi connectivity index (χ1v) is 4.60. The van der Waals surface area contributed by atoms with Gasteiger partial charge in [-0.2, -0.15) is 0 Å². The number of rotatable bonds is 2. The molecule has 2 fully saturated rings. The Balaban J connectivity index is 2.07. The summed E-state index contributed by atoms with van der Waals surface area (Å²) in [6.07, 6.45) is -0.0280. The number of nitrogens with two attached hydrogens (primary N) is 1. The van der Waals surface area contributed by atoms with Crippen LogP contribution in [0.5, 0.6) is 0 Å². The lowest BCUT2D eigenvalue weighted by Gasteiger charge is -2.22. The summed E-state index contributed by atoms with van der Waals surface area (Å²) in [7, 11) is 0. The maximum atomic E-state index is 9.63. The molecule has 5 heteroatoms. The second-order valence-corrected chi connectivity index (χ2v) is 4.15. The van der Waals surface area contributed by atoms with E-state index < -0.39 is 18.2 Å². The topological polar surface area (TPSA) is 98.7 Å². The van der Waals surface area contributed by atoms with Gasteiger partial charge in [0, 0.05) is 5.54 Å². The van der Waals surface area contributed by atoms with Gasteiger partial charge in [0.15, 0.2) is 0 Å². The minimum Gasteiger partial charge on any atom is -0.395 e. The van der Waals surface area contributed by atoms with Gasteiger partial charge in [-0.1, -0.05) is 0 Å². The zero-order chi connectivity index (χ0) is 9.64. The molecule has 2 rings (SSSR count). The molecule has 0 amide bonds. The van der Waals surface area contributed by atoms with Crippen LogP contribution in [0.25, 0.3) is 0 Å². The molecule has 4 atom stereocenters. The van der Waals surface area contributed by atoms with Gasteiger partial charge in [-0.15, -0.1) is 0 Å². The molecule has 0 aromatic rings. The molecule has 1 saturated carbocycles. The molecule has 1 aliphatic heterocycles. The number of aliphatic hydroxyl groups excluding tert-OH is 3. The summed E-state index contributed by atoms with van der Waals surface area (Å²) >= 11 is 0. The first-order chi connectivity index (χ1) is 6.08. The van der Waals surface area contributed by atoms with Crippen LogP contribution in [-0.2, 0) is 0 Å². The number of hydrogen-bond acceptors (Lipinski definition) is 5. The van der Waals surface area contributed by atoms with Crippen molar-refractivity contribution in [1.82, 2.24) is 5.32 Å². The normalized spacial score (nSPS) is 48.0. The highest BCUT2D eigenvalue weighted by molar-refractivity contribution is 5.16. The van der Waals surface area contributed by atoms with Crippen molar-refractivity contribution in [3.63, 3.8) is 0 Å². The summed E-state index contributed by atoms with van der Waals surface area (Å²) < 4.78 is 0. The molecule has 0 aromatic heterocycles. The fourth-order valence-corrected chi connectivity index (χ4v) is 1.99. The summed E-state index contributed by atoms with van der Waals surface area (Å²) in [5.74, 6) is 0. The smallest absolute Gasteiger partial charge is 0.0990 e. The van der Waals surface area contributed by atoms with Crippen molar-refractivity contribution < 1.29 is 15.3 Å². The third-order valence-corrected chi connectivity index (χ3v) is 3.14. The summed E-state index contributed by atoms with van der Waals surface area (Å²) in [5, 5.41) is 31.0. The largest absolute Gasteiger partial charge is 0.395 e. The van der Waals surface area contributed by atoms with Crippen molar-refractivity contribution in [2.45, 2.75) is 42.7 Å². The van der Waals surface area contributed by atoms with E-state index in [1.165, 1.54) is 0 Å². The first-order valence-electron chi connectivity index (χ1n) is 4.60. The van der Waals surface area contributed by atoms with E-state index in [9.17, 15) is 10.2 Å². The maximum Gasteiger partial charge on any atom is 0.0990 e. The van der Waals surface area contributed by atoms with Crippen LogP contribution in [0.2, 0.25) is 0 Å². The molecular weight excluding hydrogens is 172 g/mol. The zero-order valence-corrected chi connectivity index (χ0v) is 7.35. The SMILES string of the molecule is NC1([C@@H]2N[C@@H](CO)[C@@H](O)[C@@H]2O)CC1. The molecule has 0 unspecified atom stereocenters. The molecule has 76 valence electrons. The van der Waals surface area contributed by atoms with Crippen molar-refractivity contribution in [3.8, 4) is 0 Å². The van der Waals surface area contributed by atoms with E-state index in [0.717, 1.165) is 12.8 Å². The Hall–Kier alpha value is -0.200. The van der Waals surface area contributed by atoms with Crippen molar-refractivity contribution in [3.05, 3.63) is 0 Å². The molecule has 13 heavy (non-hydrogen) atoms. The van der Waals surface area contributed by atoms with Gasteiger partial charge in [0.25, 0.3) is 0 Å². The second kappa shape index (κ2) is 2.90. The van der Waals surface area contributed by atoms with E-state index in [4.69, 9.17) is 10.8 Å². The molecule has 0 radical (unpaired) electrons. The fourth-order valence-electron chi connectivity index (χ4n) is 1.99. The molecular formula is C8H16N2O3. The summed E-state index contributed by atoms with van der Waals surface area (Å²) in [4.78, 5) is 0. The monoisotopic (exact) mass is 188 g/mol. The molecule has 1 aliphatic carbocycles. The van der Waals surface area contributed by atoms with Gasteiger partial charge < -0.3 is 26.4 Å². The minimum absolute atomic E-state index is 0.176. The first kappa shape index (κ1) is 9.36. The third-order valence-electron chi connectivity index (χ3n) is 3.14. The Labute approximate surface area is 76.6 Å². The van der Waals surface area contributed by atoms with E-state index in [-0.39, 0.29) is 18.2 Å². The van der Waals surface area contributed by atoms with Crippen LogP contribution in [0.4, 0.5) is 0 Å². The Morgan fingerprint density at radius 2 is 1.92 bits per heavy atom. The molecule has 1 saturated heterocycles. The van der Waals surface area contributed by atoms with Crippen LogP contribution in [0.1, 0.15) is 12.8 Å². The van der Waals surface area contributed by atoms with Gasteiger partial charge in [0.05, 0.1) is 30.9 Å². The maximum absolute atomic E-state index is 9.63. The standard InChI is InChI=1S/C8H16N2O3/c9-8(1-2-8)7-6(13)5(12)4(3-11)10-7/h4-7,10-13H,1-3,9H2/t4-,5+,6-,7+/m0/s1. The fraction of sp³-hybridized carbons (Fsp3) is 1.00. The average molecular weight is 188 g/mol. The van der Waals surface area contributed by atoms with E-state index in [2.05, 4.69) is 5.32 Å². The predicted molar refractivity (Wildman–Crippen MR) is 46.0 cm³/mol. The molecule has 5 nitrogen and oxygen atoms in total. The van der Waals surface area contributed by atoms with Crippen molar-refractivity contribution >= 4 is 0 Å². The molecule has 0 spiro atoms. The number of nitrogens with one attached hydrogen (secondary N) is 1. The van der Waals surface area contributed by atoms with Crippen molar-refractivity contribution in [2.75, 3.05) is 6.61 Å². The van der Waals surface area contributed by atoms with Crippen LogP contribution in [0, 0.1) is 0 Å². The Morgan fingerprint density at radius 3 is 2.31 bits per heavy atom. The van der Waals surface area contributed by atoms with Crippen LogP contribution >= 0.6 is 0 Å². The third kappa shape index (κ3) is 1.37. The lowest BCUT2D eigenvalue weighted by atomic mass is 10.0. The summed E-state index contributed by atoms with van der Waals surface area (Å²) in [6, 6.07) is -0.722. The number of aliphatic hydroxyl groups is 3. The van der Waals surface area contributed by atoms with E-state index in [1.807, 2.05) is 0 Å². The predicted octanol–water partition coefficient (Wildman–Crippen LogP) is -2.47. The average Bonchev–Trinajstić information content (AvgIpc) is 2.77. The highest BCUT2D eigenvalue weighted by Crippen LogP contribution is 2.39. The second-order valence-electron chi connectivity index (χ2n) is 4.15. The highest BCUT2D eigenvalue weighted by atomic mass is 16.3. The zero-order valence-electron chi connectivity index (χ0n) is 7.35. The van der Waals surface area contributed by atoms with Crippen LogP contribution in [0.3, 0.4) is 0 Å². The van der Waals surface area contributed by atoms with Crippen molar-refractivity contribution in [2.24, 2.45) is 5.73 Å². The number of hydrogen-bond donors (Lipinski definition) is 5. The molecule has 2 aliphatic rings. The van der Waals surface area contributed by atoms with Crippen LogP contribution in [-0.4, -0.2) is 51.8 Å². The van der Waals surface area contributed by atoms with Crippen molar-refractivity contribution in [1.29, 1.82) is 0 Å². The van der Waals surface area contributed by atoms with E-state index in [1.54, 1.807) is 0 Å². The molecule has 0 aromatic carbocycles. The lowest BCUT2D eigenvalue weighted by Crippen LogP contribution is -2.50. The molecule has 1 heterocycles. The summed E-state index contributed by atoms with van der Waals surface area (Å²) in [5.41, 5.74) is 5.54. The van der Waals surface area contributed by atoms with Gasteiger partial charge >= 0.3 is 0 Å². The van der Waals surface area contributed by atoms with E-state index >= 15 is 0 Å². The quantitative estimate of drug-likeness (QED) is 0.331. The van der Waals surface area contributed by atoms with Gasteiger partial charge in [0.2, 0.25) is 0 Å². The van der Waals surface area contributed by atoms with Gasteiger partial charge in [-0.25, -0.2) is 0 Å². The van der Waals surface area contributed by atoms with Gasteiger partial charge in [-0.3, -0.25) is 0 Å². The van der Waals surface area contributed by atoms with E-state index in [0.29, 0.717) is 0 Å². The van der Waals surface area contributed by atoms with Crippen LogP contribution in [0.15, 0.2) is 0 Å². The Kier molecular flexibility index (Phi) is 2.08. The minimum atomic E-state index is -0.906. The summed E-state index contributed by atoms with van der Waals surface area (Å²) in [6.45, 7) is -0.176. The van der Waals surface area contributed by atoms with Gasteiger partial charge in [0.1, 0.15) is 0 Å². The molecule has 0 bridgehead atoms. The highest BCUT2D eigenvalue weighted by Gasteiger charge is 2.55. The lowest BCUT2D eigenvalue weighted by molar-refractivity contribution is 0.0158. The molecule has 6 N–H and O–H groups in total.